The van der Waals surface area contributed by atoms with Crippen LogP contribution in [0.25, 0.3) is 0 Å². The molecule has 0 radical (unpaired) electrons. The second-order valence-electron chi connectivity index (χ2n) is 4.61. The molecule has 94 valence electrons. The van der Waals surface area contributed by atoms with Gasteiger partial charge in [-0.3, -0.25) is 0 Å². The summed E-state index contributed by atoms with van der Waals surface area (Å²) in [7, 11) is 0. The highest BCUT2D eigenvalue weighted by atomic mass is 127. The molecule has 0 bridgehead atoms. The largest absolute Gasteiger partial charge is 0.384 e. The Morgan fingerprint density at radius 3 is 2.50 bits per heavy atom. The fourth-order valence-electron chi connectivity index (χ4n) is 1.96. The predicted octanol–water partition coefficient (Wildman–Crippen LogP) is 4.82. The van der Waals surface area contributed by atoms with Crippen molar-refractivity contribution in [2.24, 2.45) is 0 Å². The van der Waals surface area contributed by atoms with E-state index in [0.717, 1.165) is 6.54 Å². The molecular weight excluding hydrogens is 333 g/mol. The molecule has 2 rings (SSSR count). The first-order valence-electron chi connectivity index (χ1n) is 6.22. The van der Waals surface area contributed by atoms with Gasteiger partial charge in [0.2, 0.25) is 0 Å². The molecule has 0 amide bonds. The van der Waals surface area contributed by atoms with Gasteiger partial charge in [0.15, 0.2) is 0 Å². The maximum Gasteiger partial charge on any atom is 0.0380 e. The highest BCUT2D eigenvalue weighted by Crippen LogP contribution is 2.22. The summed E-state index contributed by atoms with van der Waals surface area (Å²) in [5, 5.41) is 3.55. The van der Waals surface area contributed by atoms with Crippen molar-refractivity contribution >= 4 is 28.3 Å². The zero-order valence-electron chi connectivity index (χ0n) is 10.8. The molecule has 0 heterocycles. The van der Waals surface area contributed by atoms with Crippen molar-refractivity contribution in [3.63, 3.8) is 0 Å². The van der Waals surface area contributed by atoms with Gasteiger partial charge in [-0.2, -0.15) is 0 Å². The number of hydrogen-bond donors (Lipinski definition) is 1. The maximum atomic E-state index is 3.55. The minimum absolute atomic E-state index is 0.517. The molecule has 0 fully saturated rings. The number of halogens is 1. The minimum Gasteiger partial charge on any atom is -0.384 e. The molecule has 0 aliphatic rings. The van der Waals surface area contributed by atoms with Gasteiger partial charge in [0.05, 0.1) is 0 Å². The average molecular weight is 351 g/mol. The molecule has 0 saturated carbocycles. The summed E-state index contributed by atoms with van der Waals surface area (Å²) >= 11 is 2.38. The summed E-state index contributed by atoms with van der Waals surface area (Å²) < 4.78 is 1.31. The Kier molecular flexibility index (Phi) is 4.64. The van der Waals surface area contributed by atoms with Crippen molar-refractivity contribution < 1.29 is 0 Å². The van der Waals surface area contributed by atoms with Crippen LogP contribution < -0.4 is 5.32 Å². The van der Waals surface area contributed by atoms with E-state index >= 15 is 0 Å². The van der Waals surface area contributed by atoms with E-state index in [1.54, 1.807) is 0 Å². The van der Waals surface area contributed by atoms with Crippen LogP contribution in [0.1, 0.15) is 24.0 Å². The Balaban J connectivity index is 2.02. The number of benzene rings is 2. The van der Waals surface area contributed by atoms with Crippen molar-refractivity contribution in [1.82, 2.24) is 0 Å². The third-order valence-electron chi connectivity index (χ3n) is 3.24. The molecule has 1 atom stereocenters. The fraction of sp³-hybridized carbons (Fsp3) is 0.250. The van der Waals surface area contributed by atoms with Crippen molar-refractivity contribution in [1.29, 1.82) is 0 Å². The SMILES string of the molecule is Cc1c(I)cccc1NCC(C)c1ccccc1. The molecule has 18 heavy (non-hydrogen) atoms. The van der Waals surface area contributed by atoms with Crippen molar-refractivity contribution in [3.05, 3.63) is 63.2 Å². The van der Waals surface area contributed by atoms with Crippen LogP contribution in [0, 0.1) is 10.5 Å². The van der Waals surface area contributed by atoms with Crippen molar-refractivity contribution in [3.8, 4) is 0 Å². The van der Waals surface area contributed by atoms with Gasteiger partial charge in [-0.05, 0) is 58.7 Å². The highest BCUT2D eigenvalue weighted by molar-refractivity contribution is 14.1. The van der Waals surface area contributed by atoms with Gasteiger partial charge in [0.25, 0.3) is 0 Å². The van der Waals surface area contributed by atoms with E-state index in [4.69, 9.17) is 0 Å². The summed E-state index contributed by atoms with van der Waals surface area (Å²) in [6, 6.07) is 17.0. The van der Waals surface area contributed by atoms with Gasteiger partial charge in [-0.25, -0.2) is 0 Å². The van der Waals surface area contributed by atoms with Gasteiger partial charge in [0.1, 0.15) is 0 Å². The molecule has 1 unspecified atom stereocenters. The zero-order valence-corrected chi connectivity index (χ0v) is 12.9. The number of nitrogens with one attached hydrogen (secondary N) is 1. The fourth-order valence-corrected chi connectivity index (χ4v) is 2.46. The first kappa shape index (κ1) is 13.4. The summed E-state index contributed by atoms with van der Waals surface area (Å²) in [6.45, 7) is 5.38. The van der Waals surface area contributed by atoms with Gasteiger partial charge < -0.3 is 5.32 Å². The topological polar surface area (TPSA) is 12.0 Å². The van der Waals surface area contributed by atoms with E-state index < -0.39 is 0 Å². The van der Waals surface area contributed by atoms with E-state index in [0.29, 0.717) is 5.92 Å². The summed E-state index contributed by atoms with van der Waals surface area (Å²) in [5.41, 5.74) is 3.95. The third-order valence-corrected chi connectivity index (χ3v) is 4.40. The molecule has 0 spiro atoms. The standard InChI is InChI=1S/C16H18IN/c1-12(14-7-4-3-5-8-14)11-18-16-10-6-9-15(17)13(16)2/h3-10,12,18H,11H2,1-2H3. The number of rotatable bonds is 4. The molecule has 0 aliphatic carbocycles. The Labute approximate surface area is 123 Å². The maximum absolute atomic E-state index is 3.55. The van der Waals surface area contributed by atoms with Crippen LogP contribution in [-0.2, 0) is 0 Å². The van der Waals surface area contributed by atoms with E-state index in [1.165, 1.54) is 20.4 Å². The van der Waals surface area contributed by atoms with Crippen LogP contribution in [0.5, 0.6) is 0 Å². The second kappa shape index (κ2) is 6.23. The Morgan fingerprint density at radius 1 is 1.06 bits per heavy atom. The molecule has 0 aromatic heterocycles. The molecule has 2 heteroatoms. The minimum atomic E-state index is 0.517. The molecule has 0 saturated heterocycles. The van der Waals surface area contributed by atoms with Crippen LogP contribution in [0.4, 0.5) is 5.69 Å². The van der Waals surface area contributed by atoms with Gasteiger partial charge in [-0.15, -0.1) is 0 Å². The molecule has 2 aromatic carbocycles. The lowest BCUT2D eigenvalue weighted by Crippen LogP contribution is -2.10. The second-order valence-corrected chi connectivity index (χ2v) is 5.77. The first-order valence-corrected chi connectivity index (χ1v) is 7.30. The number of anilines is 1. The highest BCUT2D eigenvalue weighted by Gasteiger charge is 2.06. The Bertz CT molecular complexity index is 508. The lowest BCUT2D eigenvalue weighted by atomic mass is 10.0. The third kappa shape index (κ3) is 3.25. The van der Waals surface area contributed by atoms with E-state index in [1.807, 2.05) is 0 Å². The summed E-state index contributed by atoms with van der Waals surface area (Å²) in [6.07, 6.45) is 0. The lowest BCUT2D eigenvalue weighted by molar-refractivity contribution is 0.804. The smallest absolute Gasteiger partial charge is 0.0380 e. The van der Waals surface area contributed by atoms with Crippen molar-refractivity contribution in [2.45, 2.75) is 19.8 Å². The van der Waals surface area contributed by atoms with E-state index in [-0.39, 0.29) is 0 Å². The molecule has 0 aliphatic heterocycles. The average Bonchev–Trinajstić information content (AvgIpc) is 2.41. The van der Waals surface area contributed by atoms with E-state index in [2.05, 4.69) is 90.3 Å². The van der Waals surface area contributed by atoms with Crippen LogP contribution >= 0.6 is 22.6 Å². The van der Waals surface area contributed by atoms with E-state index in [9.17, 15) is 0 Å². The molecule has 1 N–H and O–H groups in total. The van der Waals surface area contributed by atoms with Crippen molar-refractivity contribution in [2.75, 3.05) is 11.9 Å². The summed E-state index contributed by atoms with van der Waals surface area (Å²) in [5.74, 6) is 0.517. The molecule has 2 aromatic rings. The normalized spacial score (nSPS) is 12.2. The first-order chi connectivity index (χ1) is 8.68. The quantitative estimate of drug-likeness (QED) is 0.779. The monoisotopic (exact) mass is 351 g/mol. The van der Waals surface area contributed by atoms with Crippen LogP contribution in [0.15, 0.2) is 48.5 Å². The van der Waals surface area contributed by atoms with Crippen LogP contribution in [0.3, 0.4) is 0 Å². The Hall–Kier alpha value is -1.03. The zero-order chi connectivity index (χ0) is 13.0. The summed E-state index contributed by atoms with van der Waals surface area (Å²) in [4.78, 5) is 0. The molecule has 1 nitrogen and oxygen atoms in total. The molecular formula is C16H18IN. The lowest BCUT2D eigenvalue weighted by Gasteiger charge is -2.16. The van der Waals surface area contributed by atoms with Crippen LogP contribution in [0.2, 0.25) is 0 Å². The number of hydrogen-bond acceptors (Lipinski definition) is 1. The van der Waals surface area contributed by atoms with Gasteiger partial charge >= 0.3 is 0 Å². The van der Waals surface area contributed by atoms with Gasteiger partial charge in [-0.1, -0.05) is 43.3 Å². The Morgan fingerprint density at radius 2 is 1.78 bits per heavy atom. The predicted molar refractivity (Wildman–Crippen MR) is 87.2 cm³/mol. The van der Waals surface area contributed by atoms with Gasteiger partial charge in [0, 0.05) is 15.8 Å². The van der Waals surface area contributed by atoms with Crippen LogP contribution in [-0.4, -0.2) is 6.54 Å².